The van der Waals surface area contributed by atoms with Crippen molar-refractivity contribution in [3.05, 3.63) is 40.0 Å². The fourth-order valence-corrected chi connectivity index (χ4v) is 2.16. The molecular weight excluding hydrogens is 322 g/mol. The van der Waals surface area contributed by atoms with E-state index in [-0.39, 0.29) is 12.6 Å². The molecule has 2 rings (SSSR count). The standard InChI is InChI=1S/C14H18BrN3O2/c1-4-13-17-14(20-18-13)8-19-12-6-5-10(15)7-11(12)9(2)16-3/h5-7,9,16H,4,8H2,1-3H3. The van der Waals surface area contributed by atoms with E-state index < -0.39 is 0 Å². The smallest absolute Gasteiger partial charge is 0.264 e. The highest BCUT2D eigenvalue weighted by Gasteiger charge is 2.12. The number of nitrogens with zero attached hydrogens (tertiary/aromatic N) is 2. The van der Waals surface area contributed by atoms with Gasteiger partial charge in [-0.25, -0.2) is 0 Å². The van der Waals surface area contributed by atoms with Gasteiger partial charge in [-0.3, -0.25) is 0 Å². The summed E-state index contributed by atoms with van der Waals surface area (Å²) in [6.07, 6.45) is 0.754. The average Bonchev–Trinajstić information content (AvgIpc) is 2.93. The highest BCUT2D eigenvalue weighted by molar-refractivity contribution is 9.10. The van der Waals surface area contributed by atoms with Crippen molar-refractivity contribution in [3.8, 4) is 5.75 Å². The Balaban J connectivity index is 2.12. The predicted octanol–water partition coefficient (Wildman–Crippen LogP) is 3.25. The van der Waals surface area contributed by atoms with Gasteiger partial charge in [-0.2, -0.15) is 4.98 Å². The van der Waals surface area contributed by atoms with Crippen LogP contribution in [-0.2, 0) is 13.0 Å². The Morgan fingerprint density at radius 1 is 1.45 bits per heavy atom. The third-order valence-electron chi connectivity index (χ3n) is 3.05. The first-order valence-corrected chi connectivity index (χ1v) is 7.34. The van der Waals surface area contributed by atoms with Crippen LogP contribution >= 0.6 is 15.9 Å². The number of nitrogens with one attached hydrogen (secondary N) is 1. The zero-order valence-electron chi connectivity index (χ0n) is 11.8. The van der Waals surface area contributed by atoms with Gasteiger partial charge in [0.25, 0.3) is 5.89 Å². The molecule has 1 aromatic carbocycles. The van der Waals surface area contributed by atoms with Gasteiger partial charge in [0.1, 0.15) is 5.75 Å². The van der Waals surface area contributed by atoms with Gasteiger partial charge in [0.15, 0.2) is 12.4 Å². The zero-order chi connectivity index (χ0) is 14.5. The fourth-order valence-electron chi connectivity index (χ4n) is 1.78. The van der Waals surface area contributed by atoms with Crippen LogP contribution in [0, 0.1) is 0 Å². The molecule has 1 heterocycles. The number of hydrogen-bond acceptors (Lipinski definition) is 5. The molecule has 5 nitrogen and oxygen atoms in total. The van der Waals surface area contributed by atoms with E-state index in [4.69, 9.17) is 9.26 Å². The molecule has 0 radical (unpaired) electrons. The molecule has 2 aromatic rings. The second kappa shape index (κ2) is 6.85. The van der Waals surface area contributed by atoms with E-state index in [0.29, 0.717) is 11.7 Å². The molecule has 6 heteroatoms. The summed E-state index contributed by atoms with van der Waals surface area (Å²) < 4.78 is 11.9. The molecule has 0 aliphatic rings. The van der Waals surface area contributed by atoms with Crippen LogP contribution in [0.1, 0.15) is 37.2 Å². The normalized spacial score (nSPS) is 12.4. The quantitative estimate of drug-likeness (QED) is 0.875. The molecule has 20 heavy (non-hydrogen) atoms. The lowest BCUT2D eigenvalue weighted by Crippen LogP contribution is -2.14. The summed E-state index contributed by atoms with van der Waals surface area (Å²) in [6.45, 7) is 4.34. The number of hydrogen-bond donors (Lipinski definition) is 1. The minimum atomic E-state index is 0.191. The highest BCUT2D eigenvalue weighted by Crippen LogP contribution is 2.28. The molecule has 108 valence electrons. The van der Waals surface area contributed by atoms with Gasteiger partial charge in [0, 0.05) is 22.5 Å². The molecule has 1 N–H and O–H groups in total. The molecule has 0 saturated carbocycles. The number of rotatable bonds is 6. The Kier molecular flexibility index (Phi) is 5.14. The van der Waals surface area contributed by atoms with Crippen LogP contribution in [0.25, 0.3) is 0 Å². The zero-order valence-corrected chi connectivity index (χ0v) is 13.4. The lowest BCUT2D eigenvalue weighted by molar-refractivity contribution is 0.239. The molecule has 0 aliphatic carbocycles. The minimum Gasteiger partial charge on any atom is -0.483 e. The highest BCUT2D eigenvalue weighted by atomic mass is 79.9. The molecular formula is C14H18BrN3O2. The van der Waals surface area contributed by atoms with Gasteiger partial charge in [-0.05, 0) is 32.2 Å². The number of benzene rings is 1. The summed E-state index contributed by atoms with van der Waals surface area (Å²) >= 11 is 3.48. The van der Waals surface area contributed by atoms with Crippen molar-refractivity contribution in [1.82, 2.24) is 15.5 Å². The van der Waals surface area contributed by atoms with E-state index in [2.05, 4.69) is 38.3 Å². The van der Waals surface area contributed by atoms with E-state index in [1.54, 1.807) is 0 Å². The Labute approximate surface area is 126 Å². The van der Waals surface area contributed by atoms with Crippen LogP contribution in [0.3, 0.4) is 0 Å². The van der Waals surface area contributed by atoms with E-state index in [9.17, 15) is 0 Å². The summed E-state index contributed by atoms with van der Waals surface area (Å²) in [4.78, 5) is 4.23. The molecule has 0 fully saturated rings. The maximum atomic E-state index is 5.80. The molecule has 1 unspecified atom stereocenters. The number of halogens is 1. The molecule has 0 aliphatic heterocycles. The summed E-state index contributed by atoms with van der Waals surface area (Å²) in [7, 11) is 1.92. The third-order valence-corrected chi connectivity index (χ3v) is 3.54. The Morgan fingerprint density at radius 3 is 2.90 bits per heavy atom. The van der Waals surface area contributed by atoms with E-state index in [1.807, 2.05) is 32.2 Å². The Hall–Kier alpha value is -1.40. The lowest BCUT2D eigenvalue weighted by Gasteiger charge is -2.16. The average molecular weight is 340 g/mol. The summed E-state index contributed by atoms with van der Waals surface area (Å²) in [5.41, 5.74) is 1.08. The van der Waals surface area contributed by atoms with Crippen molar-refractivity contribution in [2.24, 2.45) is 0 Å². The first-order valence-electron chi connectivity index (χ1n) is 6.55. The first-order chi connectivity index (χ1) is 9.63. The van der Waals surface area contributed by atoms with Crippen LogP contribution < -0.4 is 10.1 Å². The monoisotopic (exact) mass is 339 g/mol. The van der Waals surface area contributed by atoms with E-state index >= 15 is 0 Å². The summed E-state index contributed by atoms with van der Waals surface area (Å²) in [6, 6.07) is 6.12. The largest absolute Gasteiger partial charge is 0.483 e. The van der Waals surface area contributed by atoms with Gasteiger partial charge < -0.3 is 14.6 Å². The van der Waals surface area contributed by atoms with Crippen LogP contribution in [-0.4, -0.2) is 17.2 Å². The van der Waals surface area contributed by atoms with Gasteiger partial charge in [-0.1, -0.05) is 28.0 Å². The Morgan fingerprint density at radius 2 is 2.25 bits per heavy atom. The van der Waals surface area contributed by atoms with Gasteiger partial charge in [0.2, 0.25) is 0 Å². The topological polar surface area (TPSA) is 60.2 Å². The van der Waals surface area contributed by atoms with Gasteiger partial charge in [0.05, 0.1) is 0 Å². The molecule has 0 spiro atoms. The van der Waals surface area contributed by atoms with Gasteiger partial charge >= 0.3 is 0 Å². The Bertz CT molecular complexity index is 571. The SMILES string of the molecule is CCc1noc(COc2ccc(Br)cc2C(C)NC)n1. The van der Waals surface area contributed by atoms with Crippen molar-refractivity contribution in [1.29, 1.82) is 0 Å². The molecule has 1 aromatic heterocycles. The van der Waals surface area contributed by atoms with Crippen molar-refractivity contribution in [2.75, 3.05) is 7.05 Å². The predicted molar refractivity (Wildman–Crippen MR) is 79.6 cm³/mol. The van der Waals surface area contributed by atoms with Crippen LogP contribution in [0.5, 0.6) is 5.75 Å². The molecule has 0 bridgehead atoms. The first kappa shape index (κ1) is 15.0. The summed E-state index contributed by atoms with van der Waals surface area (Å²) in [5.74, 6) is 2.00. The van der Waals surface area contributed by atoms with Crippen LogP contribution in [0.4, 0.5) is 0 Å². The summed E-state index contributed by atoms with van der Waals surface area (Å²) in [5, 5.41) is 7.06. The lowest BCUT2D eigenvalue weighted by atomic mass is 10.1. The maximum absolute atomic E-state index is 5.80. The van der Waals surface area contributed by atoms with E-state index in [1.165, 1.54) is 0 Å². The molecule has 0 saturated heterocycles. The minimum absolute atomic E-state index is 0.191. The fraction of sp³-hybridized carbons (Fsp3) is 0.429. The third kappa shape index (κ3) is 3.58. The number of ether oxygens (including phenoxy) is 1. The molecule has 0 amide bonds. The maximum Gasteiger partial charge on any atom is 0.264 e. The van der Waals surface area contributed by atoms with Crippen LogP contribution in [0.2, 0.25) is 0 Å². The van der Waals surface area contributed by atoms with Gasteiger partial charge in [-0.15, -0.1) is 0 Å². The number of aromatic nitrogens is 2. The van der Waals surface area contributed by atoms with E-state index in [0.717, 1.165) is 22.2 Å². The number of aryl methyl sites for hydroxylation is 1. The van der Waals surface area contributed by atoms with Crippen molar-refractivity contribution < 1.29 is 9.26 Å². The van der Waals surface area contributed by atoms with Crippen molar-refractivity contribution in [2.45, 2.75) is 32.9 Å². The van der Waals surface area contributed by atoms with Crippen molar-refractivity contribution >= 4 is 15.9 Å². The van der Waals surface area contributed by atoms with Crippen molar-refractivity contribution in [3.63, 3.8) is 0 Å². The second-order valence-electron chi connectivity index (χ2n) is 4.44. The molecule has 1 atom stereocenters. The van der Waals surface area contributed by atoms with Crippen LogP contribution in [0.15, 0.2) is 27.2 Å². The second-order valence-corrected chi connectivity index (χ2v) is 5.35.